The molecule has 0 saturated carbocycles. The molecule has 1 nitrogen and oxygen atoms in total. The van der Waals surface area contributed by atoms with Gasteiger partial charge >= 0.3 is 0 Å². The Balaban J connectivity index is 3.20. The minimum absolute atomic E-state index is 0.905. The first-order chi connectivity index (χ1) is 10.0. The molecule has 0 fully saturated rings. The molecule has 21 heavy (non-hydrogen) atoms. The third-order valence-corrected chi connectivity index (χ3v) is 4.34. The topological polar surface area (TPSA) is 12.9 Å². The molecule has 0 N–H and O–H groups in total. The molecule has 0 radical (unpaired) electrons. The van der Waals surface area contributed by atoms with Crippen molar-refractivity contribution in [2.24, 2.45) is 0 Å². The van der Waals surface area contributed by atoms with Crippen molar-refractivity contribution in [3.05, 3.63) is 58.9 Å². The lowest BCUT2D eigenvalue weighted by atomic mass is 9.87. The number of aromatic nitrogens is 1. The van der Waals surface area contributed by atoms with E-state index in [4.69, 9.17) is 4.98 Å². The van der Waals surface area contributed by atoms with Crippen LogP contribution in [0.5, 0.6) is 0 Å². The molecule has 0 aliphatic heterocycles. The van der Waals surface area contributed by atoms with Gasteiger partial charge in [0.05, 0.1) is 5.69 Å². The van der Waals surface area contributed by atoms with E-state index in [-0.39, 0.29) is 0 Å². The Hall–Kier alpha value is -2.15. The van der Waals surface area contributed by atoms with Crippen molar-refractivity contribution in [1.82, 2.24) is 4.98 Å². The van der Waals surface area contributed by atoms with Gasteiger partial charge < -0.3 is 0 Å². The zero-order valence-corrected chi connectivity index (χ0v) is 13.5. The van der Waals surface area contributed by atoms with Crippen molar-refractivity contribution < 1.29 is 0 Å². The summed E-state index contributed by atoms with van der Waals surface area (Å²) in [4.78, 5) is 4.79. The predicted octanol–water partition coefficient (Wildman–Crippen LogP) is 5.65. The van der Waals surface area contributed by atoms with Gasteiger partial charge in [-0.15, -0.1) is 0 Å². The van der Waals surface area contributed by atoms with E-state index in [2.05, 4.69) is 47.4 Å². The number of nitrogens with zero attached hydrogens (tertiary/aromatic N) is 1. The van der Waals surface area contributed by atoms with Gasteiger partial charge in [-0.2, -0.15) is 0 Å². The van der Waals surface area contributed by atoms with Gasteiger partial charge in [-0.25, -0.2) is 0 Å². The van der Waals surface area contributed by atoms with Crippen molar-refractivity contribution in [1.29, 1.82) is 0 Å². The number of pyridine rings is 1. The molecule has 1 aromatic heterocycles. The number of rotatable bonds is 4. The molecular weight excluding hydrogens is 254 g/mol. The fourth-order valence-electron chi connectivity index (χ4n) is 3.27. The van der Waals surface area contributed by atoms with E-state index in [1.54, 1.807) is 0 Å². The highest BCUT2D eigenvalue weighted by atomic mass is 14.7. The maximum absolute atomic E-state index is 4.79. The molecule has 1 aromatic carbocycles. The van der Waals surface area contributed by atoms with Gasteiger partial charge in [0.1, 0.15) is 0 Å². The summed E-state index contributed by atoms with van der Waals surface area (Å²) >= 11 is 0. The third-order valence-electron chi connectivity index (χ3n) is 4.34. The Bertz CT molecular complexity index is 764. The second-order valence-corrected chi connectivity index (χ2v) is 5.36. The summed E-state index contributed by atoms with van der Waals surface area (Å²) in [6, 6.07) is 0. The lowest BCUT2D eigenvalue weighted by Gasteiger charge is -2.20. The van der Waals surface area contributed by atoms with E-state index in [1.807, 2.05) is 18.2 Å². The van der Waals surface area contributed by atoms with E-state index in [9.17, 15) is 0 Å². The first kappa shape index (κ1) is 15.2. The molecule has 0 amide bonds. The molecule has 2 aromatic rings. The van der Waals surface area contributed by atoms with E-state index < -0.39 is 0 Å². The second-order valence-electron chi connectivity index (χ2n) is 5.36. The van der Waals surface area contributed by atoms with Gasteiger partial charge in [-0.1, -0.05) is 38.8 Å². The van der Waals surface area contributed by atoms with E-state index in [0.29, 0.717) is 0 Å². The van der Waals surface area contributed by atoms with Gasteiger partial charge in [0.2, 0.25) is 0 Å². The predicted molar refractivity (Wildman–Crippen MR) is 95.6 cm³/mol. The van der Waals surface area contributed by atoms with E-state index in [0.717, 1.165) is 23.4 Å². The summed E-state index contributed by atoms with van der Waals surface area (Å²) in [5.41, 5.74) is 8.12. The molecule has 0 unspecified atom stereocenters. The molecule has 2 rings (SSSR count). The van der Waals surface area contributed by atoms with Crippen molar-refractivity contribution in [2.45, 2.75) is 34.1 Å². The highest BCUT2D eigenvalue weighted by molar-refractivity contribution is 5.99. The van der Waals surface area contributed by atoms with Gasteiger partial charge in [0.15, 0.2) is 0 Å². The Kier molecular flexibility index (Phi) is 4.13. The number of hydrogen-bond acceptors (Lipinski definition) is 1. The van der Waals surface area contributed by atoms with Crippen LogP contribution in [0.2, 0.25) is 0 Å². The van der Waals surface area contributed by atoms with Crippen LogP contribution in [0, 0.1) is 20.8 Å². The quantitative estimate of drug-likeness (QED) is 0.703. The standard InChI is InChI=1S/C20H23N/c1-8-15-12(5)19-14(7)17(10-3)21-18(11-4)20(19)13(6)16(15)9-2/h8-10H,1-3,11H2,4-7H3. The van der Waals surface area contributed by atoms with E-state index in [1.165, 1.54) is 33.0 Å². The minimum Gasteiger partial charge on any atom is -0.253 e. The normalized spacial score (nSPS) is 10.7. The van der Waals surface area contributed by atoms with Crippen molar-refractivity contribution >= 4 is 29.0 Å². The van der Waals surface area contributed by atoms with Crippen molar-refractivity contribution in [3.8, 4) is 0 Å². The number of hydrogen-bond donors (Lipinski definition) is 0. The zero-order chi connectivity index (χ0) is 15.7. The third kappa shape index (κ3) is 2.13. The van der Waals surface area contributed by atoms with Crippen LogP contribution in [-0.4, -0.2) is 4.98 Å². The molecule has 0 aliphatic rings. The van der Waals surface area contributed by atoms with Crippen LogP contribution in [0.3, 0.4) is 0 Å². The molecule has 0 bridgehead atoms. The molecule has 1 heteroatoms. The Labute approximate surface area is 127 Å². The molecule has 0 spiro atoms. The molecular formula is C20H23N. The molecule has 1 heterocycles. The summed E-state index contributed by atoms with van der Waals surface area (Å²) in [7, 11) is 0. The zero-order valence-electron chi connectivity index (χ0n) is 13.5. The summed E-state index contributed by atoms with van der Waals surface area (Å²) in [6.45, 7) is 20.4. The summed E-state index contributed by atoms with van der Waals surface area (Å²) in [5.74, 6) is 0. The van der Waals surface area contributed by atoms with Gasteiger partial charge in [-0.3, -0.25) is 4.98 Å². The fourth-order valence-corrected chi connectivity index (χ4v) is 3.27. The molecule has 108 valence electrons. The van der Waals surface area contributed by atoms with E-state index >= 15 is 0 Å². The van der Waals surface area contributed by atoms with Crippen molar-refractivity contribution in [2.75, 3.05) is 0 Å². The Morgan fingerprint density at radius 2 is 1.33 bits per heavy atom. The molecule has 0 aliphatic carbocycles. The lowest BCUT2D eigenvalue weighted by molar-refractivity contribution is 1.04. The molecule has 0 atom stereocenters. The average molecular weight is 277 g/mol. The molecule has 0 saturated heterocycles. The largest absolute Gasteiger partial charge is 0.253 e. The fraction of sp³-hybridized carbons (Fsp3) is 0.250. The van der Waals surface area contributed by atoms with Crippen LogP contribution < -0.4 is 0 Å². The summed E-state index contributed by atoms with van der Waals surface area (Å²) in [6.07, 6.45) is 6.60. The van der Waals surface area contributed by atoms with Crippen LogP contribution in [0.25, 0.3) is 29.0 Å². The maximum Gasteiger partial charge on any atom is 0.0662 e. The van der Waals surface area contributed by atoms with Gasteiger partial charge in [0, 0.05) is 11.1 Å². The van der Waals surface area contributed by atoms with Gasteiger partial charge in [-0.05, 0) is 66.5 Å². The number of aryl methyl sites for hydroxylation is 4. The Morgan fingerprint density at radius 1 is 0.810 bits per heavy atom. The average Bonchev–Trinajstić information content (AvgIpc) is 2.49. The van der Waals surface area contributed by atoms with Crippen LogP contribution >= 0.6 is 0 Å². The first-order valence-electron chi connectivity index (χ1n) is 7.35. The van der Waals surface area contributed by atoms with Gasteiger partial charge in [0.25, 0.3) is 0 Å². The number of fused-ring (bicyclic) bond motifs is 1. The monoisotopic (exact) mass is 277 g/mol. The highest BCUT2D eigenvalue weighted by Gasteiger charge is 2.17. The summed E-state index contributed by atoms with van der Waals surface area (Å²) < 4.78 is 0. The van der Waals surface area contributed by atoms with Crippen LogP contribution in [0.4, 0.5) is 0 Å². The minimum atomic E-state index is 0.905. The van der Waals surface area contributed by atoms with Crippen LogP contribution in [0.15, 0.2) is 19.7 Å². The van der Waals surface area contributed by atoms with Crippen LogP contribution in [-0.2, 0) is 6.42 Å². The SMILES string of the molecule is C=Cc1nc(CC)c2c(C)c(C=C)c(C=C)c(C)c2c1C. The summed E-state index contributed by atoms with van der Waals surface area (Å²) in [5, 5.41) is 2.55. The van der Waals surface area contributed by atoms with Crippen molar-refractivity contribution in [3.63, 3.8) is 0 Å². The number of benzene rings is 1. The smallest absolute Gasteiger partial charge is 0.0662 e. The van der Waals surface area contributed by atoms with Crippen LogP contribution in [0.1, 0.15) is 46.1 Å². The maximum atomic E-state index is 4.79. The Morgan fingerprint density at radius 3 is 1.76 bits per heavy atom. The highest BCUT2D eigenvalue weighted by Crippen LogP contribution is 2.36. The second kappa shape index (κ2) is 5.69. The first-order valence-corrected chi connectivity index (χ1v) is 7.35. The lowest BCUT2D eigenvalue weighted by Crippen LogP contribution is -2.03.